The summed E-state index contributed by atoms with van der Waals surface area (Å²) in [5.41, 5.74) is -0.213. The molecule has 29 heavy (non-hydrogen) atoms. The van der Waals surface area contributed by atoms with E-state index in [0.29, 0.717) is 5.69 Å². The zero-order valence-electron chi connectivity index (χ0n) is 15.8. The molecule has 0 fully saturated rings. The Morgan fingerprint density at radius 3 is 2.14 bits per heavy atom. The van der Waals surface area contributed by atoms with Crippen molar-refractivity contribution in [3.05, 3.63) is 64.1 Å². The lowest BCUT2D eigenvalue weighted by Gasteiger charge is -2.22. The van der Waals surface area contributed by atoms with Crippen LogP contribution in [0, 0.1) is 17.6 Å². The molecule has 0 spiro atoms. The molecule has 2 rings (SSSR count). The highest BCUT2D eigenvalue weighted by Crippen LogP contribution is 2.14. The molecule has 6 nitrogen and oxygen atoms in total. The van der Waals surface area contributed by atoms with Crippen molar-refractivity contribution < 1.29 is 23.2 Å². The number of halogens is 3. The molecule has 3 N–H and O–H groups in total. The van der Waals surface area contributed by atoms with E-state index < -0.39 is 41.0 Å². The van der Waals surface area contributed by atoms with Crippen LogP contribution in [0.15, 0.2) is 46.9 Å². The Labute approximate surface area is 175 Å². The summed E-state index contributed by atoms with van der Waals surface area (Å²) in [6, 6.07) is 8.83. The van der Waals surface area contributed by atoms with E-state index in [1.165, 1.54) is 0 Å². The number of hydrogen-bond donors (Lipinski definition) is 3. The number of anilines is 1. The Morgan fingerprint density at radius 2 is 1.59 bits per heavy atom. The van der Waals surface area contributed by atoms with Crippen LogP contribution in [0.2, 0.25) is 0 Å². The summed E-state index contributed by atoms with van der Waals surface area (Å²) in [5.74, 6) is -4.60. The minimum atomic E-state index is -1.08. The Bertz CT molecular complexity index is 884. The van der Waals surface area contributed by atoms with Crippen molar-refractivity contribution >= 4 is 39.3 Å². The molecule has 0 saturated carbocycles. The Hall–Kier alpha value is -2.81. The van der Waals surface area contributed by atoms with Gasteiger partial charge in [0, 0.05) is 10.2 Å². The minimum Gasteiger partial charge on any atom is -0.345 e. The number of amides is 3. The SMILES string of the molecule is CC(C)[C@H](NC(=O)c1c(F)cccc1F)C(=O)NCC(=O)Nc1ccc(Br)cc1. The molecular formula is C20H20BrF2N3O3. The summed E-state index contributed by atoms with van der Waals surface area (Å²) in [6.45, 7) is 2.98. The van der Waals surface area contributed by atoms with Crippen molar-refractivity contribution in [3.63, 3.8) is 0 Å². The molecule has 0 heterocycles. The monoisotopic (exact) mass is 467 g/mol. The van der Waals surface area contributed by atoms with Gasteiger partial charge in [-0.15, -0.1) is 0 Å². The molecule has 1 atom stereocenters. The number of hydrogen-bond acceptors (Lipinski definition) is 3. The van der Waals surface area contributed by atoms with Crippen LogP contribution < -0.4 is 16.0 Å². The quantitative estimate of drug-likeness (QED) is 0.583. The first-order chi connectivity index (χ1) is 13.7. The van der Waals surface area contributed by atoms with Crippen LogP contribution in [0.5, 0.6) is 0 Å². The largest absolute Gasteiger partial charge is 0.345 e. The Kier molecular flexibility index (Phi) is 7.83. The summed E-state index contributed by atoms with van der Waals surface area (Å²) in [7, 11) is 0. The zero-order chi connectivity index (χ0) is 21.6. The molecule has 2 aromatic rings. The average molecular weight is 468 g/mol. The minimum absolute atomic E-state index is 0.331. The van der Waals surface area contributed by atoms with E-state index in [1.807, 2.05) is 0 Å². The maximum atomic E-state index is 13.8. The first-order valence-electron chi connectivity index (χ1n) is 8.77. The lowest BCUT2D eigenvalue weighted by molar-refractivity contribution is -0.126. The third-order valence-corrected chi connectivity index (χ3v) is 4.51. The summed E-state index contributed by atoms with van der Waals surface area (Å²) >= 11 is 3.29. The van der Waals surface area contributed by atoms with E-state index in [0.717, 1.165) is 22.7 Å². The van der Waals surface area contributed by atoms with Gasteiger partial charge in [0.25, 0.3) is 5.91 Å². The van der Waals surface area contributed by atoms with E-state index in [2.05, 4.69) is 31.9 Å². The molecule has 154 valence electrons. The van der Waals surface area contributed by atoms with Gasteiger partial charge in [-0.1, -0.05) is 35.8 Å². The Morgan fingerprint density at radius 1 is 1.00 bits per heavy atom. The highest BCUT2D eigenvalue weighted by molar-refractivity contribution is 9.10. The molecular weight excluding hydrogens is 448 g/mol. The molecule has 0 aliphatic carbocycles. The number of rotatable bonds is 7. The predicted molar refractivity (Wildman–Crippen MR) is 108 cm³/mol. The van der Waals surface area contributed by atoms with E-state index in [9.17, 15) is 23.2 Å². The second-order valence-corrected chi connectivity index (χ2v) is 7.48. The smallest absolute Gasteiger partial charge is 0.257 e. The molecule has 0 unspecified atom stereocenters. The third-order valence-electron chi connectivity index (χ3n) is 3.98. The average Bonchev–Trinajstić information content (AvgIpc) is 2.65. The molecule has 0 aromatic heterocycles. The number of benzene rings is 2. The summed E-state index contributed by atoms with van der Waals surface area (Å²) < 4.78 is 28.4. The number of nitrogens with one attached hydrogen (secondary N) is 3. The standard InChI is InChI=1S/C20H20BrF2N3O3/c1-11(2)18(26-19(28)17-14(22)4-3-5-15(17)23)20(29)24-10-16(27)25-13-8-6-12(21)7-9-13/h3-9,11,18H,10H2,1-2H3,(H,24,29)(H,25,27)(H,26,28)/t18-/m0/s1. The van der Waals surface area contributed by atoms with Gasteiger partial charge in [-0.05, 0) is 42.3 Å². The van der Waals surface area contributed by atoms with E-state index >= 15 is 0 Å². The molecule has 0 radical (unpaired) electrons. The lowest BCUT2D eigenvalue weighted by atomic mass is 10.0. The molecule has 0 aliphatic rings. The molecule has 0 aliphatic heterocycles. The van der Waals surface area contributed by atoms with Crippen LogP contribution in [0.1, 0.15) is 24.2 Å². The zero-order valence-corrected chi connectivity index (χ0v) is 17.3. The topological polar surface area (TPSA) is 87.3 Å². The van der Waals surface area contributed by atoms with Crippen molar-refractivity contribution in [1.82, 2.24) is 10.6 Å². The molecule has 2 aromatic carbocycles. The Balaban J connectivity index is 1.97. The molecule has 3 amide bonds. The van der Waals surface area contributed by atoms with Crippen LogP contribution in [0.3, 0.4) is 0 Å². The van der Waals surface area contributed by atoms with Crippen LogP contribution in [0.4, 0.5) is 14.5 Å². The molecule has 9 heteroatoms. The third kappa shape index (κ3) is 6.35. The summed E-state index contributed by atoms with van der Waals surface area (Å²) in [6.07, 6.45) is 0. The van der Waals surface area contributed by atoms with E-state index in [4.69, 9.17) is 0 Å². The van der Waals surface area contributed by atoms with Gasteiger partial charge >= 0.3 is 0 Å². The fourth-order valence-electron chi connectivity index (χ4n) is 2.48. The summed E-state index contributed by atoms with van der Waals surface area (Å²) in [4.78, 5) is 36.7. The van der Waals surface area contributed by atoms with Crippen LogP contribution in [-0.4, -0.2) is 30.3 Å². The first kappa shape index (κ1) is 22.5. The van der Waals surface area contributed by atoms with Gasteiger partial charge in [-0.3, -0.25) is 14.4 Å². The second kappa shape index (κ2) is 10.1. The maximum Gasteiger partial charge on any atom is 0.257 e. The maximum absolute atomic E-state index is 13.8. The van der Waals surface area contributed by atoms with Gasteiger partial charge in [0.1, 0.15) is 23.2 Å². The van der Waals surface area contributed by atoms with Crippen molar-refractivity contribution in [3.8, 4) is 0 Å². The van der Waals surface area contributed by atoms with Gasteiger partial charge in [0.2, 0.25) is 11.8 Å². The first-order valence-corrected chi connectivity index (χ1v) is 9.56. The fourth-order valence-corrected chi connectivity index (χ4v) is 2.74. The number of carbonyl (C=O) groups excluding carboxylic acids is 3. The van der Waals surface area contributed by atoms with Gasteiger partial charge < -0.3 is 16.0 Å². The van der Waals surface area contributed by atoms with Crippen LogP contribution >= 0.6 is 15.9 Å². The van der Waals surface area contributed by atoms with Gasteiger partial charge in [-0.25, -0.2) is 8.78 Å². The van der Waals surface area contributed by atoms with E-state index in [-0.39, 0.29) is 12.5 Å². The summed E-state index contributed by atoms with van der Waals surface area (Å²) in [5, 5.41) is 7.36. The normalized spacial score (nSPS) is 11.7. The highest BCUT2D eigenvalue weighted by atomic mass is 79.9. The van der Waals surface area contributed by atoms with E-state index in [1.54, 1.807) is 38.1 Å². The predicted octanol–water partition coefficient (Wildman–Crippen LogP) is 3.24. The van der Waals surface area contributed by atoms with Gasteiger partial charge in [0.15, 0.2) is 0 Å². The second-order valence-electron chi connectivity index (χ2n) is 6.56. The van der Waals surface area contributed by atoms with Crippen molar-refractivity contribution in [1.29, 1.82) is 0 Å². The molecule has 0 saturated heterocycles. The van der Waals surface area contributed by atoms with Crippen LogP contribution in [0.25, 0.3) is 0 Å². The fraction of sp³-hybridized carbons (Fsp3) is 0.250. The lowest BCUT2D eigenvalue weighted by Crippen LogP contribution is -2.51. The van der Waals surface area contributed by atoms with Crippen molar-refractivity contribution in [2.45, 2.75) is 19.9 Å². The van der Waals surface area contributed by atoms with Crippen molar-refractivity contribution in [2.24, 2.45) is 5.92 Å². The number of carbonyl (C=O) groups is 3. The molecule has 0 bridgehead atoms. The van der Waals surface area contributed by atoms with Gasteiger partial charge in [0.05, 0.1) is 6.54 Å². The van der Waals surface area contributed by atoms with Crippen LogP contribution in [-0.2, 0) is 9.59 Å². The highest BCUT2D eigenvalue weighted by Gasteiger charge is 2.27. The van der Waals surface area contributed by atoms with Gasteiger partial charge in [-0.2, -0.15) is 0 Å². The van der Waals surface area contributed by atoms with Crippen molar-refractivity contribution in [2.75, 3.05) is 11.9 Å².